The molecule has 0 aromatic carbocycles. The fraction of sp³-hybridized carbons (Fsp3) is 0.500. The Balaban J connectivity index is 2.46. The maximum absolute atomic E-state index is 11.8. The Labute approximate surface area is 113 Å². The zero-order chi connectivity index (χ0) is 15.0. The first kappa shape index (κ1) is 14.7. The van der Waals surface area contributed by atoms with Gasteiger partial charge >= 0.3 is 5.69 Å². The van der Waals surface area contributed by atoms with Crippen molar-refractivity contribution in [3.05, 3.63) is 44.8 Å². The first-order valence-corrected chi connectivity index (χ1v) is 6.00. The number of aliphatic hydroxyl groups excluding tert-OH is 3. The molecule has 2 rings (SSSR count). The van der Waals surface area contributed by atoms with Crippen molar-refractivity contribution >= 4 is 0 Å². The van der Waals surface area contributed by atoms with Gasteiger partial charge in [0.15, 0.2) is 6.23 Å². The molecule has 8 nitrogen and oxygen atoms in total. The average molecular weight is 284 g/mol. The van der Waals surface area contributed by atoms with Crippen LogP contribution in [0, 0.1) is 6.92 Å². The van der Waals surface area contributed by atoms with Crippen LogP contribution in [0.5, 0.6) is 0 Å². The fourth-order valence-electron chi connectivity index (χ4n) is 2.06. The summed E-state index contributed by atoms with van der Waals surface area (Å²) in [6, 6.07) is 0. The van der Waals surface area contributed by atoms with E-state index in [9.17, 15) is 19.8 Å². The summed E-state index contributed by atoms with van der Waals surface area (Å²) in [4.78, 5) is 25.2. The van der Waals surface area contributed by atoms with Crippen LogP contribution in [0.2, 0.25) is 0 Å². The molecule has 1 aromatic heterocycles. The van der Waals surface area contributed by atoms with Crippen LogP contribution in [-0.4, -0.2) is 49.8 Å². The number of hydrogen-bond donors (Lipinski definition) is 4. The van der Waals surface area contributed by atoms with Gasteiger partial charge in [0.1, 0.15) is 18.3 Å². The molecule has 20 heavy (non-hydrogen) atoms. The van der Waals surface area contributed by atoms with Gasteiger partial charge in [0.2, 0.25) is 0 Å². The number of aromatic nitrogens is 2. The van der Waals surface area contributed by atoms with E-state index in [-0.39, 0.29) is 11.1 Å². The number of aliphatic hydroxyl groups is 3. The van der Waals surface area contributed by atoms with Crippen molar-refractivity contribution in [3.8, 4) is 0 Å². The molecule has 2 heterocycles. The average Bonchev–Trinajstić information content (AvgIpc) is 2.41. The van der Waals surface area contributed by atoms with E-state index in [0.29, 0.717) is 0 Å². The van der Waals surface area contributed by atoms with Crippen molar-refractivity contribution in [2.75, 3.05) is 6.61 Å². The Morgan fingerprint density at radius 2 is 2.10 bits per heavy atom. The van der Waals surface area contributed by atoms with Gasteiger partial charge in [-0.3, -0.25) is 14.3 Å². The summed E-state index contributed by atoms with van der Waals surface area (Å²) in [7, 11) is 0. The van der Waals surface area contributed by atoms with E-state index >= 15 is 0 Å². The molecule has 1 aliphatic heterocycles. The highest BCUT2D eigenvalue weighted by atomic mass is 16.5. The van der Waals surface area contributed by atoms with Crippen molar-refractivity contribution < 1.29 is 20.1 Å². The lowest BCUT2D eigenvalue weighted by atomic mass is 9.97. The molecule has 0 spiro atoms. The molecule has 0 radical (unpaired) electrons. The van der Waals surface area contributed by atoms with Crippen LogP contribution in [0.4, 0.5) is 0 Å². The molecule has 4 atom stereocenters. The molecule has 1 aromatic rings. The Hall–Kier alpha value is -1.74. The topological polar surface area (TPSA) is 125 Å². The highest BCUT2D eigenvalue weighted by Crippen LogP contribution is 2.30. The van der Waals surface area contributed by atoms with Crippen LogP contribution in [0.1, 0.15) is 11.8 Å². The summed E-state index contributed by atoms with van der Waals surface area (Å²) in [5.74, 6) is 0. The smallest absolute Gasteiger partial charge is 0.330 e. The lowest BCUT2D eigenvalue weighted by Gasteiger charge is -2.38. The lowest BCUT2D eigenvalue weighted by molar-refractivity contribution is -0.170. The summed E-state index contributed by atoms with van der Waals surface area (Å²) in [5.41, 5.74) is -0.906. The minimum atomic E-state index is -1.34. The van der Waals surface area contributed by atoms with E-state index < -0.39 is 42.4 Å². The minimum absolute atomic E-state index is 0.0655. The van der Waals surface area contributed by atoms with Crippen LogP contribution in [-0.2, 0) is 4.74 Å². The molecular formula is C12H16N2O6. The second-order valence-corrected chi connectivity index (χ2v) is 4.70. The molecule has 1 saturated heterocycles. The number of hydrogen-bond acceptors (Lipinski definition) is 6. The Bertz CT molecular complexity index is 634. The highest BCUT2D eigenvalue weighted by Gasteiger charge is 2.40. The molecule has 1 fully saturated rings. The molecule has 0 unspecified atom stereocenters. The Morgan fingerprint density at radius 3 is 2.70 bits per heavy atom. The van der Waals surface area contributed by atoms with E-state index in [0.717, 1.165) is 4.57 Å². The van der Waals surface area contributed by atoms with Gasteiger partial charge in [-0.05, 0) is 6.92 Å². The normalized spacial score (nSPS) is 30.5. The van der Waals surface area contributed by atoms with Crippen molar-refractivity contribution in [2.45, 2.75) is 31.5 Å². The quantitative estimate of drug-likeness (QED) is 0.466. The third kappa shape index (κ3) is 2.34. The van der Waals surface area contributed by atoms with Crippen molar-refractivity contribution in [1.29, 1.82) is 0 Å². The summed E-state index contributed by atoms with van der Waals surface area (Å²) in [5, 5.41) is 28.7. The molecule has 0 bridgehead atoms. The minimum Gasteiger partial charge on any atom is -0.394 e. The first-order valence-electron chi connectivity index (χ1n) is 6.00. The summed E-state index contributed by atoms with van der Waals surface area (Å²) in [6.07, 6.45) is -3.53. The zero-order valence-electron chi connectivity index (χ0n) is 10.8. The van der Waals surface area contributed by atoms with E-state index in [1.165, 1.54) is 13.1 Å². The van der Waals surface area contributed by atoms with Gasteiger partial charge in [0, 0.05) is 17.3 Å². The monoisotopic (exact) mass is 284 g/mol. The third-order valence-electron chi connectivity index (χ3n) is 3.28. The molecule has 8 heteroatoms. The number of ether oxygens (including phenoxy) is 1. The largest absolute Gasteiger partial charge is 0.394 e. The van der Waals surface area contributed by atoms with E-state index in [1.54, 1.807) is 0 Å². The van der Waals surface area contributed by atoms with Crippen LogP contribution in [0.15, 0.2) is 27.9 Å². The van der Waals surface area contributed by atoms with E-state index in [2.05, 4.69) is 11.6 Å². The van der Waals surface area contributed by atoms with Crippen molar-refractivity contribution in [2.24, 2.45) is 0 Å². The predicted molar refractivity (Wildman–Crippen MR) is 68.2 cm³/mol. The number of aromatic amines is 1. The van der Waals surface area contributed by atoms with E-state index in [1.807, 2.05) is 0 Å². The van der Waals surface area contributed by atoms with Gasteiger partial charge in [-0.25, -0.2) is 4.79 Å². The molecular weight excluding hydrogens is 268 g/mol. The van der Waals surface area contributed by atoms with Crippen LogP contribution >= 0.6 is 0 Å². The molecule has 0 aliphatic carbocycles. The van der Waals surface area contributed by atoms with Gasteiger partial charge in [-0.15, -0.1) is 0 Å². The molecule has 0 saturated carbocycles. The summed E-state index contributed by atoms with van der Waals surface area (Å²) in [6.45, 7) is 4.58. The second kappa shape index (κ2) is 5.33. The SMILES string of the molecule is C=C1[C@@H](O)[C@H](O)[C@@H](CO)O[C@H]1n1cc(C)c(=O)[nH]c1=O. The van der Waals surface area contributed by atoms with Crippen molar-refractivity contribution in [3.63, 3.8) is 0 Å². The Morgan fingerprint density at radius 1 is 1.45 bits per heavy atom. The van der Waals surface area contributed by atoms with E-state index in [4.69, 9.17) is 9.84 Å². The molecule has 1 aliphatic rings. The van der Waals surface area contributed by atoms with Crippen LogP contribution in [0.3, 0.4) is 0 Å². The highest BCUT2D eigenvalue weighted by molar-refractivity contribution is 5.15. The molecule has 4 N–H and O–H groups in total. The second-order valence-electron chi connectivity index (χ2n) is 4.70. The number of rotatable bonds is 2. The number of H-pyrrole nitrogens is 1. The zero-order valence-corrected chi connectivity index (χ0v) is 10.8. The van der Waals surface area contributed by atoms with Gasteiger partial charge in [0.25, 0.3) is 5.56 Å². The van der Waals surface area contributed by atoms with Gasteiger partial charge in [0.05, 0.1) is 6.61 Å². The summed E-state index contributed by atoms with van der Waals surface area (Å²) < 4.78 is 6.43. The molecule has 0 amide bonds. The first-order chi connectivity index (χ1) is 9.36. The van der Waals surface area contributed by atoms with Crippen molar-refractivity contribution in [1.82, 2.24) is 9.55 Å². The number of nitrogens with one attached hydrogen (secondary N) is 1. The van der Waals surface area contributed by atoms with Gasteiger partial charge in [-0.2, -0.15) is 0 Å². The number of aryl methyl sites for hydroxylation is 1. The fourth-order valence-corrected chi connectivity index (χ4v) is 2.06. The number of nitrogens with zero attached hydrogens (tertiary/aromatic N) is 1. The van der Waals surface area contributed by atoms with Crippen LogP contribution in [0.25, 0.3) is 0 Å². The van der Waals surface area contributed by atoms with Gasteiger partial charge in [-0.1, -0.05) is 6.58 Å². The summed E-state index contributed by atoms with van der Waals surface area (Å²) >= 11 is 0. The van der Waals surface area contributed by atoms with Crippen LogP contribution < -0.4 is 11.2 Å². The Kier molecular flexibility index (Phi) is 3.91. The van der Waals surface area contributed by atoms with Gasteiger partial charge < -0.3 is 20.1 Å². The molecule has 110 valence electrons. The third-order valence-corrected chi connectivity index (χ3v) is 3.28. The predicted octanol–water partition coefficient (Wildman–Crippen LogP) is -1.99. The maximum atomic E-state index is 11.8. The standard InChI is InChI=1S/C12H16N2O6/c1-5-3-14(12(19)13-10(5)18)11-6(2)8(16)9(17)7(4-15)20-11/h3,7-9,11,15-17H,2,4H2,1H3,(H,13,18,19)/t7-,8-,9-,11-/m1/s1. The lowest BCUT2D eigenvalue weighted by Crippen LogP contribution is -2.51. The maximum Gasteiger partial charge on any atom is 0.330 e.